The molecule has 5 aromatic carbocycles. The minimum Gasteiger partial charge on any atom is -0.456 e. The minimum absolute atomic E-state index is 0.0409. The molecule has 0 atom stereocenters. The van der Waals surface area contributed by atoms with Crippen LogP contribution in [0.5, 0.6) is 0 Å². The fourth-order valence-corrected chi connectivity index (χ4v) is 5.62. The molecule has 0 unspecified atom stereocenters. The van der Waals surface area contributed by atoms with Gasteiger partial charge in [0, 0.05) is 33.6 Å². The Bertz CT molecular complexity index is 1740. The van der Waals surface area contributed by atoms with E-state index in [1.807, 2.05) is 18.2 Å². The van der Waals surface area contributed by atoms with E-state index in [9.17, 15) is 0 Å². The Kier molecular flexibility index (Phi) is 4.22. The number of hydrogen-bond acceptors (Lipinski definition) is 2. The van der Waals surface area contributed by atoms with Gasteiger partial charge < -0.3 is 9.73 Å². The molecule has 1 N–H and O–H groups in total. The molecular formula is C33H25NO. The van der Waals surface area contributed by atoms with Crippen LogP contribution in [0.15, 0.2) is 114 Å². The van der Waals surface area contributed by atoms with Crippen LogP contribution in [0.4, 0.5) is 11.4 Å². The van der Waals surface area contributed by atoms with Gasteiger partial charge in [-0.2, -0.15) is 0 Å². The molecule has 0 amide bonds. The van der Waals surface area contributed by atoms with Crippen LogP contribution in [-0.2, 0) is 5.41 Å². The van der Waals surface area contributed by atoms with Crippen molar-refractivity contribution in [2.75, 3.05) is 5.32 Å². The first kappa shape index (κ1) is 20.1. The Labute approximate surface area is 204 Å². The van der Waals surface area contributed by atoms with Gasteiger partial charge >= 0.3 is 0 Å². The van der Waals surface area contributed by atoms with Gasteiger partial charge in [-0.3, -0.25) is 0 Å². The first-order valence-electron chi connectivity index (χ1n) is 12.1. The molecule has 168 valence electrons. The third-order valence-corrected chi connectivity index (χ3v) is 7.47. The largest absolute Gasteiger partial charge is 0.456 e. The third kappa shape index (κ3) is 3.10. The second kappa shape index (κ2) is 7.35. The highest BCUT2D eigenvalue weighted by molar-refractivity contribution is 6.05. The Morgan fingerprint density at radius 1 is 0.543 bits per heavy atom. The lowest BCUT2D eigenvalue weighted by molar-refractivity contribution is 0.660. The SMILES string of the molecule is CC1(C)c2ccccc2-c2cc(-c3ccc(Nc4ccc5c(c4)oc4ccccc45)cc3)ccc21. The molecule has 1 aliphatic rings. The predicted octanol–water partition coefficient (Wildman–Crippen LogP) is 9.30. The summed E-state index contributed by atoms with van der Waals surface area (Å²) in [5, 5.41) is 5.82. The third-order valence-electron chi connectivity index (χ3n) is 7.47. The van der Waals surface area contributed by atoms with Gasteiger partial charge in [-0.1, -0.05) is 80.6 Å². The maximum atomic E-state index is 6.04. The summed E-state index contributed by atoms with van der Waals surface area (Å²) in [5.41, 5.74) is 11.9. The first-order chi connectivity index (χ1) is 17.1. The molecule has 35 heavy (non-hydrogen) atoms. The fraction of sp³-hybridized carbons (Fsp3) is 0.0909. The average molecular weight is 452 g/mol. The van der Waals surface area contributed by atoms with E-state index in [0.29, 0.717) is 0 Å². The fourth-order valence-electron chi connectivity index (χ4n) is 5.62. The summed E-state index contributed by atoms with van der Waals surface area (Å²) >= 11 is 0. The lowest BCUT2D eigenvalue weighted by atomic mass is 9.82. The summed E-state index contributed by atoms with van der Waals surface area (Å²) < 4.78 is 6.04. The van der Waals surface area contributed by atoms with Gasteiger partial charge in [0.15, 0.2) is 0 Å². The van der Waals surface area contributed by atoms with Gasteiger partial charge in [0.1, 0.15) is 11.2 Å². The van der Waals surface area contributed by atoms with E-state index in [1.165, 1.54) is 33.4 Å². The summed E-state index contributed by atoms with van der Waals surface area (Å²) in [6.07, 6.45) is 0. The van der Waals surface area contributed by atoms with Crippen LogP contribution in [0, 0.1) is 0 Å². The van der Waals surface area contributed by atoms with Crippen molar-refractivity contribution < 1.29 is 4.42 Å². The van der Waals surface area contributed by atoms with E-state index in [-0.39, 0.29) is 5.41 Å². The van der Waals surface area contributed by atoms with Gasteiger partial charge in [0.05, 0.1) is 0 Å². The molecule has 0 radical (unpaired) electrons. The molecule has 0 bridgehead atoms. The van der Waals surface area contributed by atoms with E-state index in [0.717, 1.165) is 33.3 Å². The Morgan fingerprint density at radius 2 is 1.23 bits per heavy atom. The van der Waals surface area contributed by atoms with Crippen molar-refractivity contribution in [1.82, 2.24) is 0 Å². The number of nitrogens with one attached hydrogen (secondary N) is 1. The summed E-state index contributed by atoms with van der Waals surface area (Å²) in [6, 6.07) is 38.8. The van der Waals surface area contributed by atoms with Crippen molar-refractivity contribution in [2.24, 2.45) is 0 Å². The van der Waals surface area contributed by atoms with Crippen molar-refractivity contribution in [2.45, 2.75) is 19.3 Å². The molecular weight excluding hydrogens is 426 g/mol. The van der Waals surface area contributed by atoms with E-state index in [1.54, 1.807) is 0 Å². The summed E-state index contributed by atoms with van der Waals surface area (Å²) in [6.45, 7) is 4.64. The predicted molar refractivity (Wildman–Crippen MR) is 146 cm³/mol. The molecule has 2 nitrogen and oxygen atoms in total. The topological polar surface area (TPSA) is 25.2 Å². The molecule has 1 aromatic heterocycles. The van der Waals surface area contributed by atoms with Crippen molar-refractivity contribution in [1.29, 1.82) is 0 Å². The monoisotopic (exact) mass is 451 g/mol. The molecule has 1 aliphatic carbocycles. The normalized spacial score (nSPS) is 13.7. The van der Waals surface area contributed by atoms with E-state index in [4.69, 9.17) is 4.42 Å². The average Bonchev–Trinajstić information content (AvgIpc) is 3.37. The van der Waals surface area contributed by atoms with Crippen LogP contribution in [0.25, 0.3) is 44.2 Å². The number of rotatable bonds is 3. The lowest BCUT2D eigenvalue weighted by Crippen LogP contribution is -2.14. The number of para-hydroxylation sites is 1. The Balaban J connectivity index is 1.18. The minimum atomic E-state index is 0.0409. The van der Waals surface area contributed by atoms with Gasteiger partial charge in [-0.15, -0.1) is 0 Å². The number of benzene rings is 5. The first-order valence-corrected chi connectivity index (χ1v) is 12.1. The lowest BCUT2D eigenvalue weighted by Gasteiger charge is -2.21. The van der Waals surface area contributed by atoms with Gasteiger partial charge in [0.2, 0.25) is 0 Å². The van der Waals surface area contributed by atoms with Crippen LogP contribution in [0.3, 0.4) is 0 Å². The van der Waals surface area contributed by atoms with E-state index in [2.05, 4.69) is 110 Å². The van der Waals surface area contributed by atoms with Gasteiger partial charge in [-0.25, -0.2) is 0 Å². The van der Waals surface area contributed by atoms with Crippen LogP contribution < -0.4 is 5.32 Å². The highest BCUT2D eigenvalue weighted by Crippen LogP contribution is 2.49. The Hall–Kier alpha value is -4.30. The van der Waals surface area contributed by atoms with E-state index >= 15 is 0 Å². The van der Waals surface area contributed by atoms with Crippen LogP contribution in [0.1, 0.15) is 25.0 Å². The number of anilines is 2. The number of hydrogen-bond donors (Lipinski definition) is 1. The summed E-state index contributed by atoms with van der Waals surface area (Å²) in [7, 11) is 0. The maximum absolute atomic E-state index is 6.04. The van der Waals surface area contributed by atoms with Crippen molar-refractivity contribution >= 4 is 33.3 Å². The van der Waals surface area contributed by atoms with Gasteiger partial charge in [0.25, 0.3) is 0 Å². The molecule has 1 heterocycles. The van der Waals surface area contributed by atoms with Crippen LogP contribution >= 0.6 is 0 Å². The second-order valence-corrected chi connectivity index (χ2v) is 9.94. The van der Waals surface area contributed by atoms with Gasteiger partial charge in [-0.05, 0) is 69.8 Å². The zero-order chi connectivity index (χ0) is 23.6. The standard InChI is InChI=1S/C33H25NO/c1-33(2)29-9-5-3-7-25(29)28-19-22(13-18-30(28)33)21-11-14-23(15-12-21)34-24-16-17-27-26-8-4-6-10-31(26)35-32(27)20-24/h3-20,34H,1-2H3. The van der Waals surface area contributed by atoms with E-state index < -0.39 is 0 Å². The van der Waals surface area contributed by atoms with Crippen LogP contribution in [-0.4, -0.2) is 0 Å². The molecule has 0 saturated heterocycles. The highest BCUT2D eigenvalue weighted by Gasteiger charge is 2.34. The summed E-state index contributed by atoms with van der Waals surface area (Å²) in [4.78, 5) is 0. The molecule has 2 heteroatoms. The molecule has 7 rings (SSSR count). The zero-order valence-electron chi connectivity index (χ0n) is 19.8. The summed E-state index contributed by atoms with van der Waals surface area (Å²) in [5.74, 6) is 0. The highest BCUT2D eigenvalue weighted by atomic mass is 16.3. The molecule has 0 spiro atoms. The molecule has 0 aliphatic heterocycles. The second-order valence-electron chi connectivity index (χ2n) is 9.94. The quantitative estimate of drug-likeness (QED) is 0.290. The smallest absolute Gasteiger partial charge is 0.137 e. The molecule has 0 saturated carbocycles. The van der Waals surface area contributed by atoms with Crippen LogP contribution in [0.2, 0.25) is 0 Å². The van der Waals surface area contributed by atoms with Crippen molar-refractivity contribution in [3.05, 3.63) is 120 Å². The molecule has 6 aromatic rings. The van der Waals surface area contributed by atoms with Crippen molar-refractivity contribution in [3.8, 4) is 22.3 Å². The van der Waals surface area contributed by atoms with Crippen molar-refractivity contribution in [3.63, 3.8) is 0 Å². The maximum Gasteiger partial charge on any atom is 0.137 e. The number of fused-ring (bicyclic) bond motifs is 6. The Morgan fingerprint density at radius 3 is 2.11 bits per heavy atom. The zero-order valence-corrected chi connectivity index (χ0v) is 19.8. The molecule has 0 fully saturated rings. The number of furan rings is 1.